The Morgan fingerprint density at radius 3 is 2.69 bits per heavy atom. The van der Waals surface area contributed by atoms with E-state index in [2.05, 4.69) is 0 Å². The van der Waals surface area contributed by atoms with Crippen LogP contribution in [-0.2, 0) is 4.79 Å². The fourth-order valence-electron chi connectivity index (χ4n) is 3.42. The van der Waals surface area contributed by atoms with Crippen LogP contribution in [0.1, 0.15) is 28.9 Å². The van der Waals surface area contributed by atoms with Crippen LogP contribution in [0.25, 0.3) is 10.4 Å². The highest BCUT2D eigenvalue weighted by molar-refractivity contribution is 7.17. The number of rotatable bonds is 3. The molecule has 2 aromatic rings. The highest BCUT2D eigenvalue weighted by Crippen LogP contribution is 2.37. The lowest BCUT2D eigenvalue weighted by atomic mass is 10.0. The first-order valence-electron chi connectivity index (χ1n) is 8.73. The van der Waals surface area contributed by atoms with E-state index in [4.69, 9.17) is 15.2 Å². The number of carbonyl (C=O) groups excluding carboxylic acids is 2. The zero-order valence-electron chi connectivity index (χ0n) is 14.3. The van der Waals surface area contributed by atoms with Crippen molar-refractivity contribution >= 4 is 23.2 Å². The van der Waals surface area contributed by atoms with E-state index in [0.29, 0.717) is 31.1 Å². The number of nitrogens with zero attached hydrogens (tertiary/aromatic N) is 1. The summed E-state index contributed by atoms with van der Waals surface area (Å²) in [5.41, 5.74) is 6.45. The van der Waals surface area contributed by atoms with Crippen LogP contribution in [0.3, 0.4) is 0 Å². The Kier molecular flexibility index (Phi) is 4.55. The summed E-state index contributed by atoms with van der Waals surface area (Å²) in [4.78, 5) is 27.7. The number of fused-ring (bicyclic) bond motifs is 1. The lowest BCUT2D eigenvalue weighted by Crippen LogP contribution is -2.50. The van der Waals surface area contributed by atoms with Crippen molar-refractivity contribution in [1.82, 2.24) is 4.90 Å². The minimum atomic E-state index is -0.504. The van der Waals surface area contributed by atoms with Gasteiger partial charge in [-0.3, -0.25) is 9.59 Å². The van der Waals surface area contributed by atoms with Crippen molar-refractivity contribution in [3.8, 4) is 21.9 Å². The molecule has 0 saturated carbocycles. The van der Waals surface area contributed by atoms with Crippen molar-refractivity contribution in [3.05, 3.63) is 35.2 Å². The number of amides is 2. The third-order valence-corrected chi connectivity index (χ3v) is 5.86. The van der Waals surface area contributed by atoms with E-state index in [1.54, 1.807) is 4.90 Å². The molecular formula is C19H20N2O4S. The number of hydrogen-bond donors (Lipinski definition) is 1. The summed E-state index contributed by atoms with van der Waals surface area (Å²) in [5, 5.41) is 0. The number of piperidine rings is 1. The topological polar surface area (TPSA) is 81.9 Å². The molecule has 1 fully saturated rings. The zero-order chi connectivity index (χ0) is 18.1. The normalized spacial score (nSPS) is 19.2. The first kappa shape index (κ1) is 16.9. The molecule has 1 atom stereocenters. The number of nitrogens with two attached hydrogens (primary N) is 1. The molecule has 0 bridgehead atoms. The Morgan fingerprint density at radius 2 is 1.88 bits per heavy atom. The van der Waals surface area contributed by atoms with Gasteiger partial charge >= 0.3 is 0 Å². The summed E-state index contributed by atoms with van der Waals surface area (Å²) >= 11 is 1.41. The van der Waals surface area contributed by atoms with Gasteiger partial charge in [-0.05, 0) is 55.2 Å². The van der Waals surface area contributed by atoms with Crippen LogP contribution in [0.15, 0.2) is 30.3 Å². The predicted molar refractivity (Wildman–Crippen MR) is 98.6 cm³/mol. The van der Waals surface area contributed by atoms with Gasteiger partial charge in [0.1, 0.15) is 19.3 Å². The van der Waals surface area contributed by atoms with Gasteiger partial charge in [-0.15, -0.1) is 11.3 Å². The molecule has 7 heteroatoms. The maximum absolute atomic E-state index is 12.9. The van der Waals surface area contributed by atoms with Crippen molar-refractivity contribution in [1.29, 1.82) is 0 Å². The van der Waals surface area contributed by atoms with Gasteiger partial charge in [0.25, 0.3) is 5.91 Å². The molecule has 3 heterocycles. The van der Waals surface area contributed by atoms with Crippen LogP contribution in [0.2, 0.25) is 0 Å². The Bertz CT molecular complexity index is 848. The minimum Gasteiger partial charge on any atom is -0.486 e. The standard InChI is InChI=1S/C19H20N2O4S/c20-18(22)13-3-1-2-8-21(13)19(23)17-7-6-16(26-17)12-4-5-14-15(11-12)25-10-9-24-14/h4-7,11,13H,1-3,8-10H2,(H2,20,22). The Morgan fingerprint density at radius 1 is 1.08 bits per heavy atom. The summed E-state index contributed by atoms with van der Waals surface area (Å²) in [6, 6.07) is 9.01. The number of thiophene rings is 1. The lowest BCUT2D eigenvalue weighted by Gasteiger charge is -2.33. The van der Waals surface area contributed by atoms with Crippen molar-refractivity contribution in [2.45, 2.75) is 25.3 Å². The van der Waals surface area contributed by atoms with Crippen molar-refractivity contribution < 1.29 is 19.1 Å². The smallest absolute Gasteiger partial charge is 0.264 e. The SMILES string of the molecule is NC(=O)C1CCCCN1C(=O)c1ccc(-c2ccc3c(c2)OCCO3)s1. The molecule has 0 radical (unpaired) electrons. The van der Waals surface area contributed by atoms with Gasteiger partial charge in [0.2, 0.25) is 5.91 Å². The third-order valence-electron chi connectivity index (χ3n) is 4.74. The molecular weight excluding hydrogens is 352 g/mol. The Balaban J connectivity index is 1.57. The predicted octanol–water partition coefficient (Wildman–Crippen LogP) is 2.67. The first-order valence-corrected chi connectivity index (χ1v) is 9.55. The van der Waals surface area contributed by atoms with Crippen LogP contribution in [0.5, 0.6) is 11.5 Å². The first-order chi connectivity index (χ1) is 12.6. The van der Waals surface area contributed by atoms with Crippen molar-refractivity contribution in [2.24, 2.45) is 5.73 Å². The molecule has 1 saturated heterocycles. The molecule has 6 nitrogen and oxygen atoms in total. The molecule has 2 N–H and O–H groups in total. The summed E-state index contributed by atoms with van der Waals surface area (Å²) < 4.78 is 11.2. The summed E-state index contributed by atoms with van der Waals surface area (Å²) in [5.74, 6) is 0.911. The summed E-state index contributed by atoms with van der Waals surface area (Å²) in [7, 11) is 0. The largest absolute Gasteiger partial charge is 0.486 e. The third kappa shape index (κ3) is 3.14. The van der Waals surface area contributed by atoms with Crippen LogP contribution in [0, 0.1) is 0 Å². The average Bonchev–Trinajstić information content (AvgIpc) is 3.17. The second kappa shape index (κ2) is 6.99. The zero-order valence-corrected chi connectivity index (χ0v) is 15.1. The van der Waals surface area contributed by atoms with E-state index < -0.39 is 11.9 Å². The van der Waals surface area contributed by atoms with Crippen LogP contribution < -0.4 is 15.2 Å². The number of carbonyl (C=O) groups is 2. The average molecular weight is 372 g/mol. The van der Waals surface area contributed by atoms with E-state index in [1.165, 1.54) is 11.3 Å². The number of primary amides is 1. The van der Waals surface area contributed by atoms with E-state index in [-0.39, 0.29) is 5.91 Å². The van der Waals surface area contributed by atoms with E-state index in [0.717, 1.165) is 34.8 Å². The fraction of sp³-hybridized carbons (Fsp3) is 0.368. The summed E-state index contributed by atoms with van der Waals surface area (Å²) in [6.45, 7) is 1.67. The van der Waals surface area contributed by atoms with Crippen LogP contribution in [0.4, 0.5) is 0 Å². The molecule has 4 rings (SSSR count). The van der Waals surface area contributed by atoms with Gasteiger partial charge in [-0.2, -0.15) is 0 Å². The molecule has 0 spiro atoms. The number of ether oxygens (including phenoxy) is 2. The van der Waals surface area contributed by atoms with Gasteiger partial charge < -0.3 is 20.1 Å². The molecule has 1 aromatic heterocycles. The highest BCUT2D eigenvalue weighted by atomic mass is 32.1. The molecule has 2 aliphatic rings. The highest BCUT2D eigenvalue weighted by Gasteiger charge is 2.31. The molecule has 1 unspecified atom stereocenters. The van der Waals surface area contributed by atoms with Crippen molar-refractivity contribution in [2.75, 3.05) is 19.8 Å². The number of benzene rings is 1. The maximum atomic E-state index is 12.9. The minimum absolute atomic E-state index is 0.123. The van der Waals surface area contributed by atoms with Crippen LogP contribution >= 0.6 is 11.3 Å². The fourth-order valence-corrected chi connectivity index (χ4v) is 4.38. The van der Waals surface area contributed by atoms with Gasteiger partial charge in [0, 0.05) is 11.4 Å². The molecule has 136 valence electrons. The maximum Gasteiger partial charge on any atom is 0.264 e. The van der Waals surface area contributed by atoms with E-state index >= 15 is 0 Å². The van der Waals surface area contributed by atoms with Gasteiger partial charge in [-0.25, -0.2) is 0 Å². The molecule has 1 aromatic carbocycles. The lowest BCUT2D eigenvalue weighted by molar-refractivity contribution is -0.123. The molecule has 26 heavy (non-hydrogen) atoms. The second-order valence-corrected chi connectivity index (χ2v) is 7.52. The molecule has 0 aliphatic carbocycles. The van der Waals surface area contributed by atoms with Gasteiger partial charge in [-0.1, -0.05) is 0 Å². The quantitative estimate of drug-likeness (QED) is 0.898. The van der Waals surface area contributed by atoms with Gasteiger partial charge in [0.05, 0.1) is 4.88 Å². The van der Waals surface area contributed by atoms with Crippen LogP contribution in [-0.4, -0.2) is 42.5 Å². The van der Waals surface area contributed by atoms with Gasteiger partial charge in [0.15, 0.2) is 11.5 Å². The van der Waals surface area contributed by atoms with Crippen molar-refractivity contribution in [3.63, 3.8) is 0 Å². The van der Waals surface area contributed by atoms with E-state index in [9.17, 15) is 9.59 Å². The number of hydrogen-bond acceptors (Lipinski definition) is 5. The Hall–Kier alpha value is -2.54. The molecule has 2 aliphatic heterocycles. The second-order valence-electron chi connectivity index (χ2n) is 6.43. The summed E-state index contributed by atoms with van der Waals surface area (Å²) in [6.07, 6.45) is 2.46. The van der Waals surface area contributed by atoms with E-state index in [1.807, 2.05) is 30.3 Å². The molecule has 2 amide bonds. The Labute approximate surface area is 155 Å². The monoisotopic (exact) mass is 372 g/mol. The number of likely N-dealkylation sites (tertiary alicyclic amines) is 1.